The van der Waals surface area contributed by atoms with Crippen LogP contribution in [-0.2, 0) is 0 Å². The first kappa shape index (κ1) is 13.7. The van der Waals surface area contributed by atoms with E-state index in [1.54, 1.807) is 13.8 Å². The molecule has 0 aliphatic heterocycles. The lowest BCUT2D eigenvalue weighted by Crippen LogP contribution is -2.42. The molecule has 0 atom stereocenters. The number of hydrogen-bond donors (Lipinski definition) is 3. The predicted molar refractivity (Wildman–Crippen MR) is 63.0 cm³/mol. The van der Waals surface area contributed by atoms with Crippen molar-refractivity contribution in [1.82, 2.24) is 10.6 Å². The minimum atomic E-state index is -0.633. The van der Waals surface area contributed by atoms with Gasteiger partial charge in [0.1, 0.15) is 0 Å². The minimum absolute atomic E-state index is 0.289. The van der Waals surface area contributed by atoms with Crippen LogP contribution in [0.2, 0.25) is 0 Å². The van der Waals surface area contributed by atoms with Crippen LogP contribution in [0, 0.1) is 22.5 Å². The van der Waals surface area contributed by atoms with E-state index in [2.05, 4.69) is 29.2 Å². The molecule has 0 aromatic carbocycles. The third-order valence-corrected chi connectivity index (χ3v) is 1.69. The Morgan fingerprint density at radius 3 is 2.73 bits per heavy atom. The highest BCUT2D eigenvalue weighted by molar-refractivity contribution is 7.80. The Morgan fingerprint density at radius 2 is 2.33 bits per heavy atom. The van der Waals surface area contributed by atoms with Gasteiger partial charge in [-0.2, -0.15) is 12.6 Å². The first-order valence-corrected chi connectivity index (χ1v) is 5.00. The first-order valence-electron chi connectivity index (χ1n) is 4.37. The number of nitrogens with one attached hydrogen (secondary N) is 2. The maximum atomic E-state index is 10.3. The van der Waals surface area contributed by atoms with Crippen LogP contribution in [-0.4, -0.2) is 22.8 Å². The summed E-state index contributed by atoms with van der Waals surface area (Å²) in [5.41, 5.74) is -0.633. The van der Waals surface area contributed by atoms with Crippen LogP contribution < -0.4 is 10.6 Å². The monoisotopic (exact) mass is 229 g/mol. The van der Waals surface area contributed by atoms with Crippen molar-refractivity contribution in [2.45, 2.75) is 19.4 Å². The van der Waals surface area contributed by atoms with Gasteiger partial charge in [-0.15, -0.1) is 6.42 Å². The van der Waals surface area contributed by atoms with E-state index >= 15 is 0 Å². The summed E-state index contributed by atoms with van der Waals surface area (Å²) in [5, 5.41) is 16.0. The summed E-state index contributed by atoms with van der Waals surface area (Å²) in [6.45, 7) is 4.03. The quantitative estimate of drug-likeness (QED) is 0.270. The number of nitrogens with zero attached hydrogens (tertiary/aromatic N) is 1. The molecule has 84 valence electrons. The summed E-state index contributed by atoms with van der Waals surface area (Å²) < 4.78 is 0. The number of rotatable bonds is 6. The number of nitro groups is 1. The highest BCUT2D eigenvalue weighted by atomic mass is 32.1. The second-order valence-electron chi connectivity index (χ2n) is 3.37. The lowest BCUT2D eigenvalue weighted by molar-refractivity contribution is -0.404. The van der Waals surface area contributed by atoms with Gasteiger partial charge >= 0.3 is 0 Å². The molecule has 6 heteroatoms. The second kappa shape index (κ2) is 6.19. The molecule has 0 aliphatic carbocycles. The molecule has 0 unspecified atom stereocenters. The van der Waals surface area contributed by atoms with Gasteiger partial charge in [0.05, 0.1) is 10.5 Å². The minimum Gasteiger partial charge on any atom is -0.366 e. The summed E-state index contributed by atoms with van der Waals surface area (Å²) in [7, 11) is 0. The lowest BCUT2D eigenvalue weighted by Gasteiger charge is -2.22. The fourth-order valence-corrected chi connectivity index (χ4v) is 0.903. The van der Waals surface area contributed by atoms with Gasteiger partial charge < -0.3 is 10.6 Å². The molecule has 0 radical (unpaired) electrons. The normalized spacial score (nSPS) is 11.7. The van der Waals surface area contributed by atoms with Gasteiger partial charge in [0.2, 0.25) is 0 Å². The van der Waals surface area contributed by atoms with Crippen LogP contribution in [0.4, 0.5) is 0 Å². The zero-order valence-corrected chi connectivity index (χ0v) is 9.67. The van der Waals surface area contributed by atoms with Gasteiger partial charge in [-0.3, -0.25) is 10.1 Å². The maximum Gasteiger partial charge on any atom is 0.274 e. The van der Waals surface area contributed by atoms with Crippen molar-refractivity contribution in [2.75, 3.05) is 12.3 Å². The fourth-order valence-electron chi connectivity index (χ4n) is 0.791. The average Bonchev–Trinajstić information content (AvgIpc) is 2.13. The van der Waals surface area contributed by atoms with Crippen molar-refractivity contribution in [3.05, 3.63) is 22.1 Å². The SMILES string of the molecule is C#CC(C)(C)N/C(=C/[N+](=O)[O-])NCCS. The second-order valence-corrected chi connectivity index (χ2v) is 3.82. The molecule has 0 amide bonds. The van der Waals surface area contributed by atoms with Crippen molar-refractivity contribution >= 4 is 12.6 Å². The fraction of sp³-hybridized carbons (Fsp3) is 0.556. The first-order chi connectivity index (χ1) is 6.91. The third kappa shape index (κ3) is 6.69. The van der Waals surface area contributed by atoms with Gasteiger partial charge in [-0.25, -0.2) is 0 Å². The molecular formula is C9H15N3O2S. The molecule has 0 saturated heterocycles. The van der Waals surface area contributed by atoms with Crippen molar-refractivity contribution in [3.8, 4) is 12.3 Å². The number of hydrogen-bond acceptors (Lipinski definition) is 5. The van der Waals surface area contributed by atoms with Crippen LogP contribution >= 0.6 is 12.6 Å². The molecule has 0 spiro atoms. The maximum absolute atomic E-state index is 10.3. The van der Waals surface area contributed by atoms with Crippen LogP contribution in [0.25, 0.3) is 0 Å². The molecule has 15 heavy (non-hydrogen) atoms. The number of terminal acetylenes is 1. The molecule has 0 aromatic rings. The highest BCUT2D eigenvalue weighted by Gasteiger charge is 2.16. The largest absolute Gasteiger partial charge is 0.366 e. The molecule has 0 fully saturated rings. The van der Waals surface area contributed by atoms with Crippen LogP contribution in [0.1, 0.15) is 13.8 Å². The van der Waals surface area contributed by atoms with Gasteiger partial charge in [0.25, 0.3) is 6.20 Å². The van der Waals surface area contributed by atoms with E-state index in [1.807, 2.05) is 0 Å². The topological polar surface area (TPSA) is 67.2 Å². The van der Waals surface area contributed by atoms with Crippen LogP contribution in [0.3, 0.4) is 0 Å². The zero-order chi connectivity index (χ0) is 11.9. The Morgan fingerprint density at radius 1 is 1.73 bits per heavy atom. The Hall–Kier alpha value is -1.35. The molecule has 0 bridgehead atoms. The van der Waals surface area contributed by atoms with Gasteiger partial charge in [-0.1, -0.05) is 5.92 Å². The van der Waals surface area contributed by atoms with Gasteiger partial charge in [-0.05, 0) is 13.8 Å². The lowest BCUT2D eigenvalue weighted by atomic mass is 10.1. The van der Waals surface area contributed by atoms with Gasteiger partial charge in [0, 0.05) is 12.3 Å². The smallest absolute Gasteiger partial charge is 0.274 e. The average molecular weight is 229 g/mol. The molecule has 0 heterocycles. The van der Waals surface area contributed by atoms with Crippen LogP contribution in [0.15, 0.2) is 12.0 Å². The van der Waals surface area contributed by atoms with Crippen LogP contribution in [0.5, 0.6) is 0 Å². The predicted octanol–water partition coefficient (Wildman–Crippen LogP) is 0.583. The summed E-state index contributed by atoms with van der Waals surface area (Å²) in [4.78, 5) is 9.78. The van der Waals surface area contributed by atoms with E-state index in [0.29, 0.717) is 12.3 Å². The van der Waals surface area contributed by atoms with E-state index in [4.69, 9.17) is 6.42 Å². The molecule has 0 aliphatic rings. The van der Waals surface area contributed by atoms with E-state index in [-0.39, 0.29) is 5.82 Å². The summed E-state index contributed by atoms with van der Waals surface area (Å²) >= 11 is 3.99. The van der Waals surface area contributed by atoms with Crippen molar-refractivity contribution in [1.29, 1.82) is 0 Å². The summed E-state index contributed by atoms with van der Waals surface area (Å²) in [6, 6.07) is 0. The van der Waals surface area contributed by atoms with Crippen molar-refractivity contribution in [2.24, 2.45) is 0 Å². The molecule has 0 aromatic heterocycles. The summed E-state index contributed by atoms with van der Waals surface area (Å²) in [6.07, 6.45) is 6.11. The highest BCUT2D eigenvalue weighted by Crippen LogP contribution is 2.02. The zero-order valence-electron chi connectivity index (χ0n) is 8.78. The Bertz CT molecular complexity index is 294. The van der Waals surface area contributed by atoms with E-state index in [1.165, 1.54) is 0 Å². The van der Waals surface area contributed by atoms with Gasteiger partial charge in [0.15, 0.2) is 5.82 Å². The summed E-state index contributed by atoms with van der Waals surface area (Å²) in [5.74, 6) is 3.35. The Kier molecular flexibility index (Phi) is 5.64. The van der Waals surface area contributed by atoms with Crippen molar-refractivity contribution < 1.29 is 4.92 Å². The Balaban J connectivity index is 4.53. The third-order valence-electron chi connectivity index (χ3n) is 1.47. The molecule has 0 rings (SSSR count). The Labute approximate surface area is 94.9 Å². The number of thiol groups is 1. The standard InChI is InChI=1S/C9H15N3O2S/c1-4-9(2,3)11-8(7-12(13)14)10-5-6-15/h1,7,10-11,15H,5-6H2,2-3H3/b8-7+. The molecular weight excluding hydrogens is 214 g/mol. The van der Waals surface area contributed by atoms with E-state index < -0.39 is 10.5 Å². The molecule has 0 saturated carbocycles. The van der Waals surface area contributed by atoms with E-state index in [9.17, 15) is 10.1 Å². The van der Waals surface area contributed by atoms with Crippen molar-refractivity contribution in [3.63, 3.8) is 0 Å². The van der Waals surface area contributed by atoms with E-state index in [0.717, 1.165) is 6.20 Å². The molecule has 5 nitrogen and oxygen atoms in total. The molecule has 2 N–H and O–H groups in total.